The van der Waals surface area contributed by atoms with Crippen LogP contribution in [0.15, 0.2) is 18.2 Å². The fourth-order valence-electron chi connectivity index (χ4n) is 3.49. The third kappa shape index (κ3) is 3.71. The van der Waals surface area contributed by atoms with Crippen LogP contribution in [-0.4, -0.2) is 36.4 Å². The topological polar surface area (TPSA) is 59.0 Å². The smallest absolute Gasteiger partial charge is 0.408 e. The van der Waals surface area contributed by atoms with Crippen LogP contribution >= 0.6 is 0 Å². The van der Waals surface area contributed by atoms with E-state index in [2.05, 4.69) is 0 Å². The van der Waals surface area contributed by atoms with Crippen LogP contribution < -0.4 is 9.47 Å². The molecule has 128 valence electrons. The minimum absolute atomic E-state index is 0.0634. The fourth-order valence-corrected chi connectivity index (χ4v) is 3.49. The molecule has 1 amide bonds. The van der Waals surface area contributed by atoms with Gasteiger partial charge in [0.2, 0.25) is 0 Å². The van der Waals surface area contributed by atoms with Gasteiger partial charge in [-0.2, -0.15) is 0 Å². The first kappa shape index (κ1) is 17.4. The number of ether oxygens (including phenoxy) is 2. The predicted molar refractivity (Wildman–Crippen MR) is 89.3 cm³/mol. The summed E-state index contributed by atoms with van der Waals surface area (Å²) in [6.07, 6.45) is 4.35. The molecule has 1 N–H and O–H groups in total. The SMILES string of the molecule is COc1cc(OC)cc(C(C)(C)N(C(=O)O)C2CCCCC2)c1. The Kier molecular flexibility index (Phi) is 5.39. The summed E-state index contributed by atoms with van der Waals surface area (Å²) in [6, 6.07) is 5.64. The average Bonchev–Trinajstić information content (AvgIpc) is 2.54. The number of nitrogens with zero attached hydrogens (tertiary/aromatic N) is 1. The van der Waals surface area contributed by atoms with E-state index in [1.165, 1.54) is 6.42 Å². The first-order chi connectivity index (χ1) is 10.9. The van der Waals surface area contributed by atoms with Gasteiger partial charge < -0.3 is 14.6 Å². The normalized spacial score (nSPS) is 16.0. The molecular formula is C18H27NO4. The molecule has 1 aromatic carbocycles. The van der Waals surface area contributed by atoms with Crippen LogP contribution in [0.1, 0.15) is 51.5 Å². The molecule has 0 heterocycles. The number of methoxy groups -OCH3 is 2. The Morgan fingerprint density at radius 2 is 1.61 bits per heavy atom. The second kappa shape index (κ2) is 7.11. The van der Waals surface area contributed by atoms with Crippen molar-refractivity contribution in [2.45, 2.75) is 57.5 Å². The van der Waals surface area contributed by atoms with E-state index >= 15 is 0 Å². The van der Waals surface area contributed by atoms with Crippen molar-refractivity contribution in [2.24, 2.45) is 0 Å². The lowest BCUT2D eigenvalue weighted by Gasteiger charge is -2.43. The zero-order valence-electron chi connectivity index (χ0n) is 14.5. The molecule has 2 rings (SSSR count). The van der Waals surface area contributed by atoms with Crippen molar-refractivity contribution in [1.82, 2.24) is 4.90 Å². The average molecular weight is 321 g/mol. The number of hydrogen-bond donors (Lipinski definition) is 1. The predicted octanol–water partition coefficient (Wildman–Crippen LogP) is 4.25. The molecule has 5 heteroatoms. The summed E-state index contributed by atoms with van der Waals surface area (Å²) >= 11 is 0. The summed E-state index contributed by atoms with van der Waals surface area (Å²) in [4.78, 5) is 13.6. The minimum atomic E-state index is -0.872. The monoisotopic (exact) mass is 321 g/mol. The lowest BCUT2D eigenvalue weighted by molar-refractivity contribution is 0.0467. The molecule has 1 aliphatic carbocycles. The van der Waals surface area contributed by atoms with Crippen LogP contribution in [0.5, 0.6) is 11.5 Å². The Hall–Kier alpha value is -1.91. The summed E-state index contributed by atoms with van der Waals surface area (Å²) in [7, 11) is 3.20. The van der Waals surface area contributed by atoms with Gasteiger partial charge in [0.25, 0.3) is 0 Å². The van der Waals surface area contributed by atoms with E-state index in [0.29, 0.717) is 11.5 Å². The van der Waals surface area contributed by atoms with Gasteiger partial charge in [-0.15, -0.1) is 0 Å². The van der Waals surface area contributed by atoms with Crippen molar-refractivity contribution in [1.29, 1.82) is 0 Å². The van der Waals surface area contributed by atoms with Gasteiger partial charge in [0, 0.05) is 12.1 Å². The molecule has 1 aromatic rings. The van der Waals surface area contributed by atoms with Crippen LogP contribution in [0.3, 0.4) is 0 Å². The molecule has 0 aliphatic heterocycles. The number of carboxylic acid groups (broad SMARTS) is 1. The maximum atomic E-state index is 12.0. The quantitative estimate of drug-likeness (QED) is 0.880. The van der Waals surface area contributed by atoms with Crippen LogP contribution in [0.2, 0.25) is 0 Å². The van der Waals surface area contributed by atoms with E-state index in [1.807, 2.05) is 26.0 Å². The van der Waals surface area contributed by atoms with Crippen molar-refractivity contribution >= 4 is 6.09 Å². The highest BCUT2D eigenvalue weighted by Crippen LogP contribution is 2.37. The summed E-state index contributed by atoms with van der Waals surface area (Å²) in [5.74, 6) is 1.34. The minimum Gasteiger partial charge on any atom is -0.497 e. The van der Waals surface area contributed by atoms with Gasteiger partial charge in [-0.25, -0.2) is 4.79 Å². The highest BCUT2D eigenvalue weighted by Gasteiger charge is 2.38. The molecular weight excluding hydrogens is 294 g/mol. The number of benzene rings is 1. The summed E-state index contributed by atoms with van der Waals surface area (Å²) in [6.45, 7) is 3.90. The Morgan fingerprint density at radius 3 is 2.04 bits per heavy atom. The van der Waals surface area contributed by atoms with Crippen LogP contribution in [0, 0.1) is 0 Å². The molecule has 1 aliphatic rings. The first-order valence-corrected chi connectivity index (χ1v) is 8.16. The van der Waals surface area contributed by atoms with Crippen molar-refractivity contribution in [3.05, 3.63) is 23.8 Å². The van der Waals surface area contributed by atoms with E-state index < -0.39 is 11.6 Å². The Morgan fingerprint density at radius 1 is 1.09 bits per heavy atom. The van der Waals surface area contributed by atoms with Gasteiger partial charge in [0.05, 0.1) is 19.8 Å². The molecule has 23 heavy (non-hydrogen) atoms. The number of rotatable bonds is 5. The van der Waals surface area contributed by atoms with E-state index in [0.717, 1.165) is 31.2 Å². The molecule has 5 nitrogen and oxygen atoms in total. The van der Waals surface area contributed by atoms with E-state index in [9.17, 15) is 9.90 Å². The Labute approximate surface area is 138 Å². The Bertz CT molecular complexity index is 528. The van der Waals surface area contributed by atoms with Crippen molar-refractivity contribution in [2.75, 3.05) is 14.2 Å². The lowest BCUT2D eigenvalue weighted by atomic mass is 9.86. The summed E-state index contributed by atoms with van der Waals surface area (Å²) in [5, 5.41) is 9.84. The van der Waals surface area contributed by atoms with E-state index in [-0.39, 0.29) is 6.04 Å². The molecule has 0 saturated heterocycles. The number of amides is 1. The van der Waals surface area contributed by atoms with Crippen LogP contribution in [0.25, 0.3) is 0 Å². The van der Waals surface area contributed by atoms with Crippen molar-refractivity contribution < 1.29 is 19.4 Å². The maximum absolute atomic E-state index is 12.0. The molecule has 0 unspecified atom stereocenters. The van der Waals surface area contributed by atoms with Crippen molar-refractivity contribution in [3.63, 3.8) is 0 Å². The molecule has 0 atom stereocenters. The third-order valence-corrected chi connectivity index (χ3v) is 4.81. The molecule has 1 fully saturated rings. The number of carbonyl (C=O) groups is 1. The molecule has 0 radical (unpaired) electrons. The molecule has 0 bridgehead atoms. The maximum Gasteiger partial charge on any atom is 0.408 e. The molecule has 0 spiro atoms. The second-order valence-electron chi connectivity index (χ2n) is 6.60. The van der Waals surface area contributed by atoms with Gasteiger partial charge in [-0.05, 0) is 44.4 Å². The number of hydrogen-bond acceptors (Lipinski definition) is 3. The summed E-state index contributed by atoms with van der Waals surface area (Å²) in [5.41, 5.74) is 0.219. The van der Waals surface area contributed by atoms with Gasteiger partial charge in [-0.1, -0.05) is 19.3 Å². The first-order valence-electron chi connectivity index (χ1n) is 8.16. The van der Waals surface area contributed by atoms with Crippen LogP contribution in [0.4, 0.5) is 4.79 Å². The largest absolute Gasteiger partial charge is 0.497 e. The zero-order chi connectivity index (χ0) is 17.0. The van der Waals surface area contributed by atoms with Crippen LogP contribution in [-0.2, 0) is 5.54 Å². The van der Waals surface area contributed by atoms with E-state index in [4.69, 9.17) is 9.47 Å². The van der Waals surface area contributed by atoms with Gasteiger partial charge in [0.15, 0.2) is 0 Å². The zero-order valence-corrected chi connectivity index (χ0v) is 14.5. The second-order valence-corrected chi connectivity index (χ2v) is 6.60. The summed E-state index contributed by atoms with van der Waals surface area (Å²) < 4.78 is 10.7. The lowest BCUT2D eigenvalue weighted by Crippen LogP contribution is -2.51. The Balaban J connectivity index is 2.42. The van der Waals surface area contributed by atoms with Gasteiger partial charge >= 0.3 is 6.09 Å². The van der Waals surface area contributed by atoms with Gasteiger partial charge in [0.1, 0.15) is 11.5 Å². The third-order valence-electron chi connectivity index (χ3n) is 4.81. The molecule has 1 saturated carbocycles. The molecule has 0 aromatic heterocycles. The van der Waals surface area contributed by atoms with E-state index in [1.54, 1.807) is 25.2 Å². The fraction of sp³-hybridized carbons (Fsp3) is 0.611. The highest BCUT2D eigenvalue weighted by atomic mass is 16.5. The highest BCUT2D eigenvalue weighted by molar-refractivity contribution is 5.67. The standard InChI is InChI=1S/C18H27NO4/c1-18(2,13-10-15(22-3)12-16(11-13)23-4)19(17(20)21)14-8-6-5-7-9-14/h10-12,14H,5-9H2,1-4H3,(H,20,21). The van der Waals surface area contributed by atoms with Crippen molar-refractivity contribution in [3.8, 4) is 11.5 Å². The van der Waals surface area contributed by atoms with Gasteiger partial charge in [-0.3, -0.25) is 4.90 Å².